The first kappa shape index (κ1) is 15.6. The van der Waals surface area contributed by atoms with E-state index in [0.29, 0.717) is 12.4 Å². The maximum atomic E-state index is 11.6. The zero-order valence-electron chi connectivity index (χ0n) is 11.8. The van der Waals surface area contributed by atoms with Crippen LogP contribution in [0, 0.1) is 0 Å². The molecule has 0 amide bonds. The van der Waals surface area contributed by atoms with Gasteiger partial charge in [0.15, 0.2) is 0 Å². The fourth-order valence-electron chi connectivity index (χ4n) is 1.60. The van der Waals surface area contributed by atoms with Gasteiger partial charge in [-0.15, -0.1) is 0 Å². The van der Waals surface area contributed by atoms with Crippen LogP contribution in [-0.2, 0) is 16.4 Å². The van der Waals surface area contributed by atoms with Gasteiger partial charge in [0, 0.05) is 33.3 Å². The molecule has 7 nitrogen and oxygen atoms in total. The maximum Gasteiger partial charge on any atom is 0.215 e. The van der Waals surface area contributed by atoms with E-state index in [1.165, 1.54) is 24.7 Å². The van der Waals surface area contributed by atoms with E-state index in [1.807, 2.05) is 6.92 Å². The number of hydrogen-bond donors (Lipinski definition) is 2. The van der Waals surface area contributed by atoms with Crippen LogP contribution >= 0.6 is 0 Å². The lowest BCUT2D eigenvalue weighted by molar-refractivity contribution is 0.521. The molecule has 0 saturated carbocycles. The van der Waals surface area contributed by atoms with Crippen LogP contribution in [0.2, 0.25) is 0 Å². The van der Waals surface area contributed by atoms with Crippen LogP contribution in [0.15, 0.2) is 6.33 Å². The van der Waals surface area contributed by atoms with Gasteiger partial charge in [0.05, 0.1) is 5.75 Å². The highest BCUT2D eigenvalue weighted by molar-refractivity contribution is 7.89. The number of hydrogen-bond acceptors (Lipinski definition) is 6. The normalized spacial score (nSPS) is 11.6. The Hall–Kier alpha value is -1.41. The summed E-state index contributed by atoms with van der Waals surface area (Å²) in [6, 6.07) is 0. The van der Waals surface area contributed by atoms with E-state index in [1.54, 1.807) is 7.05 Å². The molecule has 2 N–H and O–H groups in total. The summed E-state index contributed by atoms with van der Waals surface area (Å²) in [7, 11) is 1.65. The van der Waals surface area contributed by atoms with E-state index in [9.17, 15) is 8.42 Å². The first-order valence-corrected chi connectivity index (χ1v) is 7.69. The number of rotatable bonds is 7. The van der Waals surface area contributed by atoms with Crippen molar-refractivity contribution < 1.29 is 8.42 Å². The highest BCUT2D eigenvalue weighted by atomic mass is 32.2. The molecule has 108 valence electrons. The van der Waals surface area contributed by atoms with Crippen molar-refractivity contribution in [2.45, 2.75) is 13.3 Å². The van der Waals surface area contributed by atoms with Crippen molar-refractivity contribution in [3.05, 3.63) is 11.9 Å². The fourth-order valence-corrected chi connectivity index (χ4v) is 2.32. The second-order valence-electron chi connectivity index (χ2n) is 4.18. The molecular weight excluding hydrogens is 266 g/mol. The smallest absolute Gasteiger partial charge is 0.215 e. The monoisotopic (exact) mass is 287 g/mol. The van der Waals surface area contributed by atoms with Crippen molar-refractivity contribution in [3.8, 4) is 0 Å². The molecule has 0 aliphatic rings. The minimum Gasteiger partial charge on any atom is -0.373 e. The molecule has 0 aliphatic heterocycles. The first-order chi connectivity index (χ1) is 8.92. The Balaban J connectivity index is 2.74. The Labute approximate surface area is 114 Å². The second kappa shape index (κ2) is 6.67. The Kier molecular flexibility index (Phi) is 5.49. The number of sulfonamides is 1. The molecule has 19 heavy (non-hydrogen) atoms. The SMILES string of the molecule is CCc1c(NC)ncnc1NCCS(=O)(=O)N(C)C. The van der Waals surface area contributed by atoms with Gasteiger partial charge in [-0.1, -0.05) is 6.92 Å². The Morgan fingerprint density at radius 2 is 1.89 bits per heavy atom. The molecule has 0 unspecified atom stereocenters. The molecule has 0 bridgehead atoms. The third kappa shape index (κ3) is 4.03. The van der Waals surface area contributed by atoms with Crippen LogP contribution in [0.25, 0.3) is 0 Å². The van der Waals surface area contributed by atoms with E-state index in [2.05, 4.69) is 20.6 Å². The van der Waals surface area contributed by atoms with Crippen LogP contribution in [0.5, 0.6) is 0 Å². The highest BCUT2D eigenvalue weighted by Crippen LogP contribution is 2.19. The summed E-state index contributed by atoms with van der Waals surface area (Å²) < 4.78 is 24.5. The van der Waals surface area contributed by atoms with Crippen LogP contribution in [-0.4, -0.2) is 56.1 Å². The number of nitrogens with one attached hydrogen (secondary N) is 2. The Morgan fingerprint density at radius 1 is 1.26 bits per heavy atom. The van der Waals surface area contributed by atoms with Crippen molar-refractivity contribution in [2.75, 3.05) is 44.1 Å². The molecule has 1 aromatic heterocycles. The van der Waals surface area contributed by atoms with E-state index in [4.69, 9.17) is 0 Å². The van der Waals surface area contributed by atoms with Crippen molar-refractivity contribution in [1.29, 1.82) is 0 Å². The predicted octanol–water partition coefficient (Wildman–Crippen LogP) is 0.384. The van der Waals surface area contributed by atoms with Gasteiger partial charge >= 0.3 is 0 Å². The van der Waals surface area contributed by atoms with Gasteiger partial charge in [0.25, 0.3) is 0 Å². The van der Waals surface area contributed by atoms with Gasteiger partial charge in [-0.25, -0.2) is 22.7 Å². The molecule has 0 aliphatic carbocycles. The van der Waals surface area contributed by atoms with Crippen molar-refractivity contribution in [2.24, 2.45) is 0 Å². The standard InChI is InChI=1S/C11H21N5O2S/c1-5-9-10(12-2)14-8-15-11(9)13-6-7-19(17,18)16(3)4/h8H,5-7H2,1-4H3,(H2,12,13,14,15). The van der Waals surface area contributed by atoms with E-state index in [0.717, 1.165) is 17.8 Å². The molecule has 0 aromatic carbocycles. The topological polar surface area (TPSA) is 87.2 Å². The van der Waals surface area contributed by atoms with Crippen LogP contribution in [0.3, 0.4) is 0 Å². The van der Waals surface area contributed by atoms with Gasteiger partial charge in [-0.2, -0.15) is 0 Å². The molecular formula is C11H21N5O2S. The van der Waals surface area contributed by atoms with Gasteiger partial charge in [0.2, 0.25) is 10.0 Å². The predicted molar refractivity (Wildman–Crippen MR) is 76.9 cm³/mol. The summed E-state index contributed by atoms with van der Waals surface area (Å²) in [5.74, 6) is 1.47. The lowest BCUT2D eigenvalue weighted by Crippen LogP contribution is -2.28. The molecule has 1 aromatic rings. The minimum atomic E-state index is -3.19. The minimum absolute atomic E-state index is 0.0298. The van der Waals surface area contributed by atoms with Crippen molar-refractivity contribution >= 4 is 21.7 Å². The van der Waals surface area contributed by atoms with Gasteiger partial charge in [0.1, 0.15) is 18.0 Å². The molecule has 0 radical (unpaired) electrons. The Bertz CT molecular complexity index is 516. The second-order valence-corrected chi connectivity index (χ2v) is 6.48. The van der Waals surface area contributed by atoms with Crippen LogP contribution < -0.4 is 10.6 Å². The van der Waals surface area contributed by atoms with Gasteiger partial charge < -0.3 is 10.6 Å². The van der Waals surface area contributed by atoms with E-state index >= 15 is 0 Å². The zero-order chi connectivity index (χ0) is 14.5. The van der Waals surface area contributed by atoms with E-state index in [-0.39, 0.29) is 5.75 Å². The Morgan fingerprint density at radius 3 is 2.42 bits per heavy atom. The van der Waals surface area contributed by atoms with Gasteiger partial charge in [-0.3, -0.25) is 0 Å². The van der Waals surface area contributed by atoms with E-state index < -0.39 is 10.0 Å². The summed E-state index contributed by atoms with van der Waals surface area (Å²) in [6.45, 7) is 2.31. The zero-order valence-corrected chi connectivity index (χ0v) is 12.6. The maximum absolute atomic E-state index is 11.6. The van der Waals surface area contributed by atoms with Gasteiger partial charge in [-0.05, 0) is 6.42 Å². The summed E-state index contributed by atoms with van der Waals surface area (Å²) in [5, 5.41) is 6.05. The van der Waals surface area contributed by atoms with Crippen molar-refractivity contribution in [1.82, 2.24) is 14.3 Å². The fraction of sp³-hybridized carbons (Fsp3) is 0.636. The van der Waals surface area contributed by atoms with Crippen LogP contribution in [0.4, 0.5) is 11.6 Å². The highest BCUT2D eigenvalue weighted by Gasteiger charge is 2.14. The molecule has 8 heteroatoms. The number of aromatic nitrogens is 2. The average Bonchev–Trinajstić information content (AvgIpc) is 2.37. The largest absolute Gasteiger partial charge is 0.373 e. The third-order valence-electron chi connectivity index (χ3n) is 2.74. The molecule has 0 fully saturated rings. The van der Waals surface area contributed by atoms with Crippen molar-refractivity contribution in [3.63, 3.8) is 0 Å². The number of anilines is 2. The molecule has 1 heterocycles. The quantitative estimate of drug-likeness (QED) is 0.754. The molecule has 0 saturated heterocycles. The van der Waals surface area contributed by atoms with Crippen LogP contribution in [0.1, 0.15) is 12.5 Å². The summed E-state index contributed by atoms with van der Waals surface area (Å²) in [6.07, 6.45) is 2.22. The third-order valence-corrected chi connectivity index (χ3v) is 4.58. The number of nitrogens with zero attached hydrogens (tertiary/aromatic N) is 3. The molecule has 0 atom stereocenters. The average molecular weight is 287 g/mol. The summed E-state index contributed by atoms with van der Waals surface area (Å²) >= 11 is 0. The molecule has 1 rings (SSSR count). The lowest BCUT2D eigenvalue weighted by atomic mass is 10.2. The lowest BCUT2D eigenvalue weighted by Gasteiger charge is -2.14. The molecule has 0 spiro atoms. The summed E-state index contributed by atoms with van der Waals surface area (Å²) in [5.41, 5.74) is 0.951. The first-order valence-electron chi connectivity index (χ1n) is 6.08. The summed E-state index contributed by atoms with van der Waals surface area (Å²) in [4.78, 5) is 8.28.